The number of non-ortho nitro benzene ring substituents is 2. The van der Waals surface area contributed by atoms with Gasteiger partial charge in [0.2, 0.25) is 0 Å². The number of carbonyl (C=O) groups is 2. The molecule has 1 aromatic rings. The van der Waals surface area contributed by atoms with Crippen LogP contribution in [-0.2, 0) is 9.53 Å². The second-order valence-electron chi connectivity index (χ2n) is 4.81. The van der Waals surface area contributed by atoms with Crippen LogP contribution in [0.25, 0.3) is 0 Å². The average molecular weight is 371 g/mol. The van der Waals surface area contributed by atoms with E-state index in [1.54, 1.807) is 6.92 Å². The van der Waals surface area contributed by atoms with Gasteiger partial charge in [0.15, 0.2) is 0 Å². The molecule has 0 heterocycles. The van der Waals surface area contributed by atoms with E-state index >= 15 is 0 Å². The first-order chi connectivity index (χ1) is 11.8. The van der Waals surface area contributed by atoms with Gasteiger partial charge in [0.05, 0.1) is 28.1 Å². The topological polar surface area (TPSA) is 142 Å². The molecule has 1 aromatic carbocycles. The van der Waals surface area contributed by atoms with Crippen molar-refractivity contribution < 1.29 is 24.2 Å². The first-order valence-corrected chi connectivity index (χ1v) is 8.59. The van der Waals surface area contributed by atoms with Crippen LogP contribution in [0, 0.1) is 20.2 Å². The minimum Gasteiger partial charge on any atom is -0.464 e. The number of hydrogen-bond donors (Lipinski definition) is 1. The summed E-state index contributed by atoms with van der Waals surface area (Å²) in [4.78, 5) is 44.3. The summed E-state index contributed by atoms with van der Waals surface area (Å²) in [5.41, 5.74) is -1.45. The molecule has 0 aliphatic heterocycles. The Kier molecular flexibility index (Phi) is 7.79. The first-order valence-electron chi connectivity index (χ1n) is 7.20. The van der Waals surface area contributed by atoms with Gasteiger partial charge in [0.25, 0.3) is 17.3 Å². The Balaban J connectivity index is 3.08. The molecule has 11 heteroatoms. The predicted molar refractivity (Wildman–Crippen MR) is 90.6 cm³/mol. The van der Waals surface area contributed by atoms with Crippen LogP contribution in [0.2, 0.25) is 0 Å². The van der Waals surface area contributed by atoms with E-state index in [9.17, 15) is 29.8 Å². The van der Waals surface area contributed by atoms with Gasteiger partial charge in [-0.3, -0.25) is 25.0 Å². The van der Waals surface area contributed by atoms with Crippen LogP contribution in [-0.4, -0.2) is 46.4 Å². The van der Waals surface area contributed by atoms with Crippen molar-refractivity contribution in [2.75, 3.05) is 18.6 Å². The molecule has 1 amide bonds. The summed E-state index contributed by atoms with van der Waals surface area (Å²) in [7, 11) is 0. The number of rotatable bonds is 9. The van der Waals surface area contributed by atoms with Gasteiger partial charge in [0.1, 0.15) is 6.04 Å². The molecule has 0 aliphatic rings. The molecule has 0 aromatic heterocycles. The maximum atomic E-state index is 12.3. The summed E-state index contributed by atoms with van der Waals surface area (Å²) >= 11 is 1.46. The van der Waals surface area contributed by atoms with Gasteiger partial charge in [0, 0.05) is 12.1 Å². The molecule has 0 fully saturated rings. The highest BCUT2D eigenvalue weighted by molar-refractivity contribution is 7.98. The van der Waals surface area contributed by atoms with E-state index in [0.717, 1.165) is 18.2 Å². The third kappa shape index (κ3) is 6.03. The number of ether oxygens (including phenoxy) is 1. The zero-order valence-corrected chi connectivity index (χ0v) is 14.4. The van der Waals surface area contributed by atoms with E-state index in [-0.39, 0.29) is 12.2 Å². The molecule has 136 valence electrons. The fourth-order valence-corrected chi connectivity index (χ4v) is 2.38. The van der Waals surface area contributed by atoms with Crippen LogP contribution in [0.4, 0.5) is 11.4 Å². The zero-order valence-electron chi connectivity index (χ0n) is 13.6. The van der Waals surface area contributed by atoms with Crippen molar-refractivity contribution in [3.05, 3.63) is 44.0 Å². The van der Waals surface area contributed by atoms with Crippen molar-refractivity contribution in [3.8, 4) is 0 Å². The molecule has 0 saturated carbocycles. The van der Waals surface area contributed by atoms with Gasteiger partial charge in [-0.1, -0.05) is 0 Å². The quantitative estimate of drug-likeness (QED) is 0.394. The van der Waals surface area contributed by atoms with E-state index in [0.29, 0.717) is 12.2 Å². The Morgan fingerprint density at radius 3 is 2.20 bits per heavy atom. The van der Waals surface area contributed by atoms with Gasteiger partial charge >= 0.3 is 5.97 Å². The number of carbonyl (C=O) groups excluding carboxylic acids is 2. The van der Waals surface area contributed by atoms with E-state index in [2.05, 4.69) is 5.32 Å². The molecule has 1 N–H and O–H groups in total. The molecule has 0 aliphatic carbocycles. The van der Waals surface area contributed by atoms with Crippen molar-refractivity contribution in [1.82, 2.24) is 5.32 Å². The Labute approximate surface area is 147 Å². The van der Waals surface area contributed by atoms with E-state index in [4.69, 9.17) is 4.74 Å². The molecule has 0 spiro atoms. The predicted octanol–water partition coefficient (Wildman–Crippen LogP) is 1.92. The summed E-state index contributed by atoms with van der Waals surface area (Å²) < 4.78 is 4.88. The largest absolute Gasteiger partial charge is 0.464 e. The average Bonchev–Trinajstić information content (AvgIpc) is 2.57. The lowest BCUT2D eigenvalue weighted by Crippen LogP contribution is -2.42. The standard InChI is InChI=1S/C14H17N3O7S/c1-3-24-14(19)12(4-5-25-2)15-13(18)9-6-10(16(20)21)8-11(7-9)17(22)23/h6-8,12H,3-5H2,1-2H3,(H,15,18). The normalized spacial score (nSPS) is 11.4. The van der Waals surface area contributed by atoms with Crippen LogP contribution in [0.3, 0.4) is 0 Å². The van der Waals surface area contributed by atoms with Crippen molar-refractivity contribution in [2.45, 2.75) is 19.4 Å². The molecule has 0 saturated heterocycles. The second-order valence-corrected chi connectivity index (χ2v) is 5.80. The summed E-state index contributed by atoms with van der Waals surface area (Å²) in [6, 6.07) is 1.64. The van der Waals surface area contributed by atoms with Crippen LogP contribution >= 0.6 is 11.8 Å². The Bertz CT molecular complexity index is 648. The number of hydrogen-bond acceptors (Lipinski definition) is 8. The van der Waals surface area contributed by atoms with Crippen LogP contribution in [0.15, 0.2) is 18.2 Å². The molecule has 0 radical (unpaired) electrons. The number of amides is 1. The van der Waals surface area contributed by atoms with Gasteiger partial charge in [-0.2, -0.15) is 11.8 Å². The van der Waals surface area contributed by atoms with E-state index < -0.39 is 39.1 Å². The smallest absolute Gasteiger partial charge is 0.328 e. The molecule has 1 unspecified atom stereocenters. The van der Waals surface area contributed by atoms with Crippen molar-refractivity contribution in [2.24, 2.45) is 0 Å². The SMILES string of the molecule is CCOC(=O)C(CCSC)NC(=O)c1cc([N+](=O)[O-])cc([N+](=O)[O-])c1. The highest BCUT2D eigenvalue weighted by Gasteiger charge is 2.25. The Morgan fingerprint density at radius 1 is 1.20 bits per heavy atom. The molecular formula is C14H17N3O7S. The Hall–Kier alpha value is -2.69. The highest BCUT2D eigenvalue weighted by Crippen LogP contribution is 2.22. The Morgan fingerprint density at radius 2 is 1.76 bits per heavy atom. The zero-order chi connectivity index (χ0) is 19.0. The molecule has 25 heavy (non-hydrogen) atoms. The maximum Gasteiger partial charge on any atom is 0.328 e. The number of nitro benzene ring substituents is 2. The molecule has 1 atom stereocenters. The van der Waals surface area contributed by atoms with Gasteiger partial charge in [-0.15, -0.1) is 0 Å². The fraction of sp³-hybridized carbons (Fsp3) is 0.429. The lowest BCUT2D eigenvalue weighted by molar-refractivity contribution is -0.394. The first kappa shape index (κ1) is 20.4. The van der Waals surface area contributed by atoms with Gasteiger partial charge < -0.3 is 10.1 Å². The highest BCUT2D eigenvalue weighted by atomic mass is 32.2. The monoisotopic (exact) mass is 371 g/mol. The van der Waals surface area contributed by atoms with Gasteiger partial charge in [-0.25, -0.2) is 4.79 Å². The summed E-state index contributed by atoms with van der Waals surface area (Å²) in [6.45, 7) is 1.75. The van der Waals surface area contributed by atoms with Crippen molar-refractivity contribution >= 4 is 35.0 Å². The lowest BCUT2D eigenvalue weighted by atomic mass is 10.1. The number of thioether (sulfide) groups is 1. The number of nitrogens with one attached hydrogen (secondary N) is 1. The third-order valence-corrected chi connectivity index (χ3v) is 3.72. The minimum atomic E-state index is -0.946. The van der Waals surface area contributed by atoms with Crippen LogP contribution in [0.5, 0.6) is 0 Å². The number of esters is 1. The second kappa shape index (κ2) is 9.57. The van der Waals surface area contributed by atoms with Crippen LogP contribution in [0.1, 0.15) is 23.7 Å². The lowest BCUT2D eigenvalue weighted by Gasteiger charge is -2.16. The maximum absolute atomic E-state index is 12.3. The minimum absolute atomic E-state index is 0.132. The van der Waals surface area contributed by atoms with Gasteiger partial charge in [-0.05, 0) is 25.4 Å². The van der Waals surface area contributed by atoms with E-state index in [1.807, 2.05) is 6.26 Å². The summed E-state index contributed by atoms with van der Waals surface area (Å²) in [6.07, 6.45) is 2.12. The van der Waals surface area contributed by atoms with Crippen molar-refractivity contribution in [1.29, 1.82) is 0 Å². The van der Waals surface area contributed by atoms with Crippen LogP contribution < -0.4 is 5.32 Å². The fourth-order valence-electron chi connectivity index (χ4n) is 1.91. The molecule has 10 nitrogen and oxygen atoms in total. The van der Waals surface area contributed by atoms with Crippen molar-refractivity contribution in [3.63, 3.8) is 0 Å². The number of benzene rings is 1. The molecular weight excluding hydrogens is 354 g/mol. The number of nitro groups is 2. The third-order valence-electron chi connectivity index (χ3n) is 3.07. The van der Waals surface area contributed by atoms with E-state index in [1.165, 1.54) is 11.8 Å². The number of nitrogens with zero attached hydrogens (tertiary/aromatic N) is 2. The summed E-state index contributed by atoms with van der Waals surface area (Å²) in [5, 5.41) is 24.2. The molecule has 1 rings (SSSR count). The summed E-state index contributed by atoms with van der Waals surface area (Å²) in [5.74, 6) is -0.894. The molecule has 0 bridgehead atoms.